The van der Waals surface area contributed by atoms with Gasteiger partial charge in [-0.25, -0.2) is 4.39 Å². The molecular weight excluding hydrogens is 251 g/mol. The van der Waals surface area contributed by atoms with E-state index in [2.05, 4.69) is 5.32 Å². The highest BCUT2D eigenvalue weighted by atomic mass is 19.1. The first-order chi connectivity index (χ1) is 8.82. The summed E-state index contributed by atoms with van der Waals surface area (Å²) in [6, 6.07) is 4.14. The van der Waals surface area contributed by atoms with Crippen molar-refractivity contribution in [2.24, 2.45) is 5.92 Å². The Morgan fingerprint density at radius 3 is 2.53 bits per heavy atom. The minimum Gasteiger partial charge on any atom is -0.481 e. The summed E-state index contributed by atoms with van der Waals surface area (Å²) in [7, 11) is 3.40. The predicted octanol–water partition coefficient (Wildman–Crippen LogP) is 1.34. The molecule has 1 aromatic rings. The molecule has 0 saturated heterocycles. The van der Waals surface area contributed by atoms with Crippen molar-refractivity contribution in [2.45, 2.75) is 6.92 Å². The molecule has 104 valence electrons. The van der Waals surface area contributed by atoms with E-state index in [-0.39, 0.29) is 12.1 Å². The molecule has 0 aliphatic heterocycles. The second-order valence-corrected chi connectivity index (χ2v) is 4.51. The van der Waals surface area contributed by atoms with Crippen molar-refractivity contribution in [1.29, 1.82) is 0 Å². The molecule has 0 heterocycles. The Bertz CT molecular complexity index is 489. The van der Waals surface area contributed by atoms with Crippen LogP contribution in [0.25, 0.3) is 0 Å². The molecular formula is C13H17FN2O3. The number of hydrogen-bond acceptors (Lipinski definition) is 3. The first kappa shape index (κ1) is 14.9. The summed E-state index contributed by atoms with van der Waals surface area (Å²) in [4.78, 5) is 23.9. The van der Waals surface area contributed by atoms with Crippen LogP contribution in [-0.4, -0.2) is 37.6 Å². The van der Waals surface area contributed by atoms with Crippen LogP contribution in [-0.2, 0) is 4.79 Å². The normalized spacial score (nSPS) is 11.8. The molecule has 0 spiro atoms. The number of rotatable bonds is 5. The molecule has 1 aromatic carbocycles. The van der Waals surface area contributed by atoms with E-state index in [0.717, 1.165) is 6.07 Å². The molecule has 6 heteroatoms. The van der Waals surface area contributed by atoms with Gasteiger partial charge in [0.15, 0.2) is 0 Å². The Kier molecular flexibility index (Phi) is 4.86. The Labute approximate surface area is 111 Å². The molecule has 0 radical (unpaired) electrons. The van der Waals surface area contributed by atoms with E-state index < -0.39 is 23.6 Å². The van der Waals surface area contributed by atoms with Crippen LogP contribution in [0.15, 0.2) is 18.2 Å². The summed E-state index contributed by atoms with van der Waals surface area (Å²) in [5.74, 6) is -2.66. The van der Waals surface area contributed by atoms with Crippen LogP contribution >= 0.6 is 0 Å². The van der Waals surface area contributed by atoms with Crippen molar-refractivity contribution in [3.05, 3.63) is 29.6 Å². The quantitative estimate of drug-likeness (QED) is 0.845. The maximum atomic E-state index is 13.7. The fourth-order valence-electron chi connectivity index (χ4n) is 1.45. The van der Waals surface area contributed by atoms with Gasteiger partial charge in [-0.3, -0.25) is 9.59 Å². The number of carbonyl (C=O) groups excluding carboxylic acids is 1. The zero-order valence-electron chi connectivity index (χ0n) is 11.1. The van der Waals surface area contributed by atoms with Crippen molar-refractivity contribution in [1.82, 2.24) is 5.32 Å². The van der Waals surface area contributed by atoms with Crippen LogP contribution in [0.3, 0.4) is 0 Å². The van der Waals surface area contributed by atoms with Gasteiger partial charge in [0.05, 0.1) is 11.6 Å². The molecule has 19 heavy (non-hydrogen) atoms. The number of hydrogen-bond donors (Lipinski definition) is 2. The summed E-state index contributed by atoms with van der Waals surface area (Å²) in [5.41, 5.74) is 0.552. The fourth-order valence-corrected chi connectivity index (χ4v) is 1.45. The van der Waals surface area contributed by atoms with E-state index in [1.54, 1.807) is 19.0 Å². The monoisotopic (exact) mass is 268 g/mol. The van der Waals surface area contributed by atoms with Gasteiger partial charge in [0, 0.05) is 26.2 Å². The van der Waals surface area contributed by atoms with Crippen molar-refractivity contribution in [3.8, 4) is 0 Å². The van der Waals surface area contributed by atoms with Crippen molar-refractivity contribution in [3.63, 3.8) is 0 Å². The van der Waals surface area contributed by atoms with Crippen LogP contribution < -0.4 is 10.2 Å². The summed E-state index contributed by atoms with van der Waals surface area (Å²) >= 11 is 0. The lowest BCUT2D eigenvalue weighted by Crippen LogP contribution is -2.31. The summed E-state index contributed by atoms with van der Waals surface area (Å²) in [6.07, 6.45) is 0. The molecule has 1 rings (SSSR count). The van der Waals surface area contributed by atoms with Gasteiger partial charge in [0.25, 0.3) is 5.91 Å². The molecule has 0 bridgehead atoms. The number of nitrogens with zero attached hydrogens (tertiary/aromatic N) is 1. The SMILES string of the molecule is CC(CNC(=O)c1ccc(N(C)C)c(F)c1)C(=O)O. The molecule has 0 aliphatic carbocycles. The fraction of sp³-hybridized carbons (Fsp3) is 0.385. The number of carboxylic acids is 1. The van der Waals surface area contributed by atoms with Gasteiger partial charge in [-0.2, -0.15) is 0 Å². The number of carboxylic acid groups (broad SMARTS) is 1. The highest BCUT2D eigenvalue weighted by Gasteiger charge is 2.14. The number of amides is 1. The number of carbonyl (C=O) groups is 2. The van der Waals surface area contributed by atoms with E-state index >= 15 is 0 Å². The number of nitrogens with one attached hydrogen (secondary N) is 1. The molecule has 0 aromatic heterocycles. The number of aliphatic carboxylic acids is 1. The standard InChI is InChI=1S/C13H17FN2O3/c1-8(13(18)19)7-15-12(17)9-4-5-11(16(2)3)10(14)6-9/h4-6,8H,7H2,1-3H3,(H,15,17)(H,18,19). The third-order valence-corrected chi connectivity index (χ3v) is 2.68. The number of anilines is 1. The van der Waals surface area contributed by atoms with Gasteiger partial charge < -0.3 is 15.3 Å². The minimum absolute atomic E-state index is 0.00518. The van der Waals surface area contributed by atoms with Gasteiger partial charge in [-0.1, -0.05) is 6.92 Å². The topological polar surface area (TPSA) is 69.6 Å². The van der Waals surface area contributed by atoms with E-state index in [4.69, 9.17) is 5.11 Å². The lowest BCUT2D eigenvalue weighted by atomic mass is 10.1. The summed E-state index contributed by atoms with van der Waals surface area (Å²) in [5, 5.41) is 11.1. The number of benzene rings is 1. The van der Waals surface area contributed by atoms with Gasteiger partial charge in [-0.15, -0.1) is 0 Å². The summed E-state index contributed by atoms with van der Waals surface area (Å²) in [6.45, 7) is 1.49. The van der Waals surface area contributed by atoms with Crippen LogP contribution in [0.4, 0.5) is 10.1 Å². The third-order valence-electron chi connectivity index (χ3n) is 2.68. The van der Waals surface area contributed by atoms with Crippen LogP contribution in [0.5, 0.6) is 0 Å². The molecule has 1 amide bonds. The smallest absolute Gasteiger partial charge is 0.308 e. The molecule has 2 N–H and O–H groups in total. The molecule has 1 atom stereocenters. The van der Waals surface area contributed by atoms with Crippen LogP contribution in [0.1, 0.15) is 17.3 Å². The van der Waals surface area contributed by atoms with E-state index in [1.165, 1.54) is 19.1 Å². The van der Waals surface area contributed by atoms with E-state index in [0.29, 0.717) is 5.69 Å². The van der Waals surface area contributed by atoms with Crippen molar-refractivity contribution >= 4 is 17.6 Å². The number of halogens is 1. The second kappa shape index (κ2) is 6.17. The Morgan fingerprint density at radius 2 is 2.05 bits per heavy atom. The largest absolute Gasteiger partial charge is 0.481 e. The van der Waals surface area contributed by atoms with Crippen LogP contribution in [0, 0.1) is 11.7 Å². The third kappa shape index (κ3) is 3.94. The van der Waals surface area contributed by atoms with Gasteiger partial charge in [0.2, 0.25) is 0 Å². The van der Waals surface area contributed by atoms with Gasteiger partial charge >= 0.3 is 5.97 Å². The minimum atomic E-state index is -0.991. The van der Waals surface area contributed by atoms with Crippen molar-refractivity contribution < 1.29 is 19.1 Å². The van der Waals surface area contributed by atoms with E-state index in [9.17, 15) is 14.0 Å². The second-order valence-electron chi connectivity index (χ2n) is 4.51. The highest BCUT2D eigenvalue weighted by Crippen LogP contribution is 2.18. The lowest BCUT2D eigenvalue weighted by Gasteiger charge is -2.14. The predicted molar refractivity (Wildman–Crippen MR) is 69.9 cm³/mol. The highest BCUT2D eigenvalue weighted by molar-refractivity contribution is 5.94. The average Bonchev–Trinajstić information content (AvgIpc) is 2.34. The molecule has 1 unspecified atom stereocenters. The van der Waals surface area contributed by atoms with Gasteiger partial charge in [0.1, 0.15) is 5.82 Å². The Morgan fingerprint density at radius 1 is 1.42 bits per heavy atom. The Hall–Kier alpha value is -2.11. The molecule has 5 nitrogen and oxygen atoms in total. The first-order valence-corrected chi connectivity index (χ1v) is 5.80. The van der Waals surface area contributed by atoms with Crippen molar-refractivity contribution in [2.75, 3.05) is 25.5 Å². The lowest BCUT2D eigenvalue weighted by molar-refractivity contribution is -0.140. The van der Waals surface area contributed by atoms with Crippen LogP contribution in [0.2, 0.25) is 0 Å². The maximum absolute atomic E-state index is 13.7. The molecule has 0 saturated carbocycles. The average molecular weight is 268 g/mol. The molecule has 0 fully saturated rings. The Balaban J connectivity index is 2.73. The summed E-state index contributed by atoms with van der Waals surface area (Å²) < 4.78 is 13.7. The van der Waals surface area contributed by atoms with E-state index in [1.807, 2.05) is 0 Å². The first-order valence-electron chi connectivity index (χ1n) is 5.80. The zero-order chi connectivity index (χ0) is 14.6. The zero-order valence-corrected chi connectivity index (χ0v) is 11.1. The van der Waals surface area contributed by atoms with Gasteiger partial charge in [-0.05, 0) is 18.2 Å². The molecule has 0 aliphatic rings. The maximum Gasteiger partial charge on any atom is 0.308 e.